The number of ether oxygens (including phenoxy) is 1. The quantitative estimate of drug-likeness (QED) is 0.645. The van der Waals surface area contributed by atoms with E-state index in [1.54, 1.807) is 7.11 Å². The molecule has 1 saturated carbocycles. The highest BCUT2D eigenvalue weighted by Crippen LogP contribution is 2.50. The van der Waals surface area contributed by atoms with Gasteiger partial charge in [0.15, 0.2) is 0 Å². The predicted molar refractivity (Wildman–Crippen MR) is 100.0 cm³/mol. The summed E-state index contributed by atoms with van der Waals surface area (Å²) in [5, 5.41) is 5.49. The predicted octanol–water partition coefficient (Wildman–Crippen LogP) is 1.36. The average Bonchev–Trinajstić information content (AvgIpc) is 3.38. The summed E-state index contributed by atoms with van der Waals surface area (Å²) in [4.78, 5) is 23.8. The number of nitrogens with one attached hydrogen (secondary N) is 2. The van der Waals surface area contributed by atoms with Crippen LogP contribution in [0.1, 0.15) is 32.3 Å². The molecular formula is C18H28ClN3O3. The summed E-state index contributed by atoms with van der Waals surface area (Å²) < 4.78 is 5.42. The summed E-state index contributed by atoms with van der Waals surface area (Å²) in [6.07, 6.45) is 2.02. The summed E-state index contributed by atoms with van der Waals surface area (Å²) in [6.45, 7) is 4.22. The second-order valence-electron chi connectivity index (χ2n) is 6.74. The molecule has 1 atom stereocenters. The van der Waals surface area contributed by atoms with Gasteiger partial charge in [-0.3, -0.25) is 9.59 Å². The van der Waals surface area contributed by atoms with Crippen LogP contribution < -0.4 is 21.1 Å². The number of methoxy groups -OCH3 is 1. The van der Waals surface area contributed by atoms with E-state index in [4.69, 9.17) is 10.5 Å². The topological polar surface area (TPSA) is 93.5 Å². The molecule has 6 nitrogen and oxygen atoms in total. The molecule has 140 valence electrons. The number of amides is 2. The van der Waals surface area contributed by atoms with Crippen LogP contribution in [0.25, 0.3) is 0 Å². The summed E-state index contributed by atoms with van der Waals surface area (Å²) in [5.74, 6) is 0.375. The minimum atomic E-state index is -0.596. The van der Waals surface area contributed by atoms with E-state index in [0.29, 0.717) is 6.54 Å². The Kier molecular flexibility index (Phi) is 7.70. The molecule has 0 aromatic heterocycles. The van der Waals surface area contributed by atoms with Crippen LogP contribution in [-0.2, 0) is 15.0 Å². The highest BCUT2D eigenvalue weighted by atomic mass is 35.5. The van der Waals surface area contributed by atoms with Crippen LogP contribution in [0.2, 0.25) is 0 Å². The highest BCUT2D eigenvalue weighted by Gasteiger charge is 2.46. The number of rotatable bonds is 8. The Labute approximate surface area is 155 Å². The van der Waals surface area contributed by atoms with Gasteiger partial charge in [-0.2, -0.15) is 0 Å². The molecule has 1 fully saturated rings. The third-order valence-electron chi connectivity index (χ3n) is 4.60. The highest BCUT2D eigenvalue weighted by molar-refractivity contribution is 5.87. The van der Waals surface area contributed by atoms with Crippen molar-refractivity contribution in [1.82, 2.24) is 10.6 Å². The van der Waals surface area contributed by atoms with Crippen LogP contribution in [0.15, 0.2) is 24.3 Å². The van der Waals surface area contributed by atoms with Gasteiger partial charge >= 0.3 is 0 Å². The molecule has 0 heterocycles. The molecule has 0 bridgehead atoms. The first-order chi connectivity index (χ1) is 11.4. The SMILES string of the molecule is COc1ccccc1C1(CNC(=O)CNC(=O)[C@@H](N)C(C)C)CC1.Cl. The Morgan fingerprint density at radius 1 is 1.24 bits per heavy atom. The third-order valence-corrected chi connectivity index (χ3v) is 4.60. The van der Waals surface area contributed by atoms with Gasteiger partial charge in [-0.15, -0.1) is 12.4 Å². The molecule has 2 rings (SSSR count). The second kappa shape index (κ2) is 9.06. The fourth-order valence-corrected chi connectivity index (χ4v) is 2.69. The summed E-state index contributed by atoms with van der Waals surface area (Å²) in [6, 6.07) is 7.30. The van der Waals surface area contributed by atoms with Gasteiger partial charge in [0.05, 0.1) is 19.7 Å². The average molecular weight is 370 g/mol. The molecule has 1 aromatic carbocycles. The van der Waals surface area contributed by atoms with Crippen molar-refractivity contribution in [1.29, 1.82) is 0 Å². The van der Waals surface area contributed by atoms with E-state index in [-0.39, 0.29) is 42.1 Å². The summed E-state index contributed by atoms with van der Waals surface area (Å²) in [7, 11) is 1.65. The number of hydrogen-bond donors (Lipinski definition) is 3. The number of nitrogens with two attached hydrogens (primary N) is 1. The Morgan fingerprint density at radius 3 is 2.44 bits per heavy atom. The van der Waals surface area contributed by atoms with E-state index in [9.17, 15) is 9.59 Å². The number of carbonyl (C=O) groups excluding carboxylic acids is 2. The zero-order valence-electron chi connectivity index (χ0n) is 15.0. The Balaban J connectivity index is 0.00000312. The van der Waals surface area contributed by atoms with Crippen molar-refractivity contribution in [2.24, 2.45) is 11.7 Å². The number of hydrogen-bond acceptors (Lipinski definition) is 4. The Morgan fingerprint density at radius 2 is 1.88 bits per heavy atom. The van der Waals surface area contributed by atoms with Crippen LogP contribution in [0.5, 0.6) is 5.75 Å². The standard InChI is InChI=1S/C18H27N3O3.ClH/c1-12(2)16(19)17(23)20-10-15(22)21-11-18(8-9-18)13-6-4-5-7-14(13)24-3;/h4-7,12,16H,8-11,19H2,1-3H3,(H,20,23)(H,21,22);1H/t16-;/m0./s1. The van der Waals surface area contributed by atoms with Crippen molar-refractivity contribution in [3.8, 4) is 5.75 Å². The molecule has 2 amide bonds. The number of para-hydroxylation sites is 1. The normalized spacial score (nSPS) is 15.7. The third kappa shape index (κ3) is 5.34. The summed E-state index contributed by atoms with van der Waals surface area (Å²) in [5.41, 5.74) is 6.82. The van der Waals surface area contributed by atoms with Crippen molar-refractivity contribution < 1.29 is 14.3 Å². The van der Waals surface area contributed by atoms with Gasteiger partial charge in [-0.25, -0.2) is 0 Å². The zero-order chi connectivity index (χ0) is 17.7. The minimum absolute atomic E-state index is 0. The van der Waals surface area contributed by atoms with Crippen molar-refractivity contribution in [3.63, 3.8) is 0 Å². The van der Waals surface area contributed by atoms with E-state index in [1.807, 2.05) is 38.1 Å². The fraction of sp³-hybridized carbons (Fsp3) is 0.556. The molecule has 1 aromatic rings. The van der Waals surface area contributed by atoms with E-state index < -0.39 is 6.04 Å². The largest absolute Gasteiger partial charge is 0.496 e. The lowest BCUT2D eigenvalue weighted by Gasteiger charge is -2.20. The molecule has 0 saturated heterocycles. The lowest BCUT2D eigenvalue weighted by atomic mass is 9.95. The van der Waals surface area contributed by atoms with Gasteiger partial charge in [-0.05, 0) is 24.8 Å². The first-order valence-corrected chi connectivity index (χ1v) is 8.33. The fourth-order valence-electron chi connectivity index (χ4n) is 2.69. The molecule has 0 aliphatic heterocycles. The molecule has 25 heavy (non-hydrogen) atoms. The van der Waals surface area contributed by atoms with E-state index in [2.05, 4.69) is 10.6 Å². The molecular weight excluding hydrogens is 342 g/mol. The first-order valence-electron chi connectivity index (χ1n) is 8.33. The Bertz CT molecular complexity index is 603. The maximum absolute atomic E-state index is 12.0. The molecule has 0 unspecified atom stereocenters. The number of halogens is 1. The maximum atomic E-state index is 12.0. The van der Waals surface area contributed by atoms with Gasteiger partial charge in [0.2, 0.25) is 11.8 Å². The monoisotopic (exact) mass is 369 g/mol. The zero-order valence-corrected chi connectivity index (χ0v) is 15.8. The number of carbonyl (C=O) groups is 2. The molecule has 0 radical (unpaired) electrons. The van der Waals surface area contributed by atoms with Crippen LogP contribution in [0.3, 0.4) is 0 Å². The lowest BCUT2D eigenvalue weighted by Crippen LogP contribution is -2.47. The van der Waals surface area contributed by atoms with Gasteiger partial charge in [0.25, 0.3) is 0 Å². The molecule has 0 spiro atoms. The Hall–Kier alpha value is -1.79. The molecule has 1 aliphatic carbocycles. The van der Waals surface area contributed by atoms with Crippen LogP contribution in [-0.4, -0.2) is 38.1 Å². The first kappa shape index (κ1) is 21.3. The van der Waals surface area contributed by atoms with Gasteiger partial charge < -0.3 is 21.1 Å². The van der Waals surface area contributed by atoms with Gasteiger partial charge in [0, 0.05) is 17.5 Å². The van der Waals surface area contributed by atoms with E-state index in [1.165, 1.54) is 0 Å². The van der Waals surface area contributed by atoms with Crippen molar-refractivity contribution in [2.75, 3.05) is 20.2 Å². The van der Waals surface area contributed by atoms with Gasteiger partial charge in [0.1, 0.15) is 5.75 Å². The maximum Gasteiger partial charge on any atom is 0.239 e. The smallest absolute Gasteiger partial charge is 0.239 e. The van der Waals surface area contributed by atoms with E-state index in [0.717, 1.165) is 24.2 Å². The van der Waals surface area contributed by atoms with Crippen LogP contribution >= 0.6 is 12.4 Å². The van der Waals surface area contributed by atoms with Crippen molar-refractivity contribution in [2.45, 2.75) is 38.1 Å². The second-order valence-corrected chi connectivity index (χ2v) is 6.74. The minimum Gasteiger partial charge on any atom is -0.496 e. The van der Waals surface area contributed by atoms with Crippen molar-refractivity contribution in [3.05, 3.63) is 29.8 Å². The van der Waals surface area contributed by atoms with Crippen LogP contribution in [0.4, 0.5) is 0 Å². The number of benzene rings is 1. The van der Waals surface area contributed by atoms with Gasteiger partial charge in [-0.1, -0.05) is 32.0 Å². The summed E-state index contributed by atoms with van der Waals surface area (Å²) >= 11 is 0. The van der Waals surface area contributed by atoms with Crippen LogP contribution in [0, 0.1) is 5.92 Å². The molecule has 7 heteroatoms. The molecule has 4 N–H and O–H groups in total. The van der Waals surface area contributed by atoms with Crippen molar-refractivity contribution >= 4 is 24.2 Å². The van der Waals surface area contributed by atoms with E-state index >= 15 is 0 Å². The lowest BCUT2D eigenvalue weighted by molar-refractivity contribution is -0.127. The molecule has 1 aliphatic rings.